The molecule has 1 fully saturated rings. The predicted octanol–water partition coefficient (Wildman–Crippen LogP) is 2.45. The molecule has 0 aliphatic carbocycles. The highest BCUT2D eigenvalue weighted by Gasteiger charge is 2.31. The number of ketones is 2. The summed E-state index contributed by atoms with van der Waals surface area (Å²) >= 11 is 0. The molecular formula is C16H26O5. The van der Waals surface area contributed by atoms with Crippen molar-refractivity contribution >= 4 is 17.5 Å². The Kier molecular flexibility index (Phi) is 8.20. The Morgan fingerprint density at radius 2 is 1.67 bits per heavy atom. The van der Waals surface area contributed by atoms with Crippen molar-refractivity contribution in [2.45, 2.75) is 64.4 Å². The Bertz CT molecular complexity index is 360. The first kappa shape index (κ1) is 17.8. The lowest BCUT2D eigenvalue weighted by atomic mass is 9.95. The van der Waals surface area contributed by atoms with E-state index in [0.717, 1.165) is 38.7 Å². The quantitative estimate of drug-likeness (QED) is 0.239. The Balaban J connectivity index is 2.05. The van der Waals surface area contributed by atoms with Crippen molar-refractivity contribution in [3.63, 3.8) is 0 Å². The molecule has 0 saturated carbocycles. The second kappa shape index (κ2) is 9.66. The van der Waals surface area contributed by atoms with Crippen LogP contribution in [0, 0.1) is 5.92 Å². The van der Waals surface area contributed by atoms with Gasteiger partial charge in [0.15, 0.2) is 17.5 Å². The van der Waals surface area contributed by atoms with Crippen molar-refractivity contribution in [3.8, 4) is 0 Å². The number of esters is 1. The molecule has 1 aliphatic heterocycles. The zero-order valence-electron chi connectivity index (χ0n) is 13.1. The van der Waals surface area contributed by atoms with Crippen LogP contribution in [0.15, 0.2) is 0 Å². The number of carbonyl (C=O) groups is 3. The van der Waals surface area contributed by atoms with E-state index in [9.17, 15) is 14.4 Å². The molecule has 0 spiro atoms. The van der Waals surface area contributed by atoms with Gasteiger partial charge in [-0.3, -0.25) is 14.4 Å². The van der Waals surface area contributed by atoms with Gasteiger partial charge in [0, 0.05) is 6.42 Å². The summed E-state index contributed by atoms with van der Waals surface area (Å²) in [5, 5.41) is 0. The monoisotopic (exact) mass is 298 g/mol. The number of rotatable bonds is 12. The summed E-state index contributed by atoms with van der Waals surface area (Å²) in [5.74, 6) is -2.72. The third-order valence-electron chi connectivity index (χ3n) is 3.77. The van der Waals surface area contributed by atoms with E-state index in [0.29, 0.717) is 6.10 Å². The number of unbranched alkanes of at least 4 members (excludes halogenated alkanes) is 5. The third kappa shape index (κ3) is 7.37. The molecule has 1 saturated heterocycles. The van der Waals surface area contributed by atoms with Crippen molar-refractivity contribution in [1.82, 2.24) is 0 Å². The van der Waals surface area contributed by atoms with E-state index in [1.165, 1.54) is 26.9 Å². The van der Waals surface area contributed by atoms with Crippen LogP contribution < -0.4 is 0 Å². The Morgan fingerprint density at radius 1 is 1.10 bits per heavy atom. The first-order valence-corrected chi connectivity index (χ1v) is 7.79. The lowest BCUT2D eigenvalue weighted by Gasteiger charge is -2.10. The smallest absolute Gasteiger partial charge is 0.323 e. The molecule has 1 heterocycles. The number of methoxy groups -OCH3 is 1. The minimum absolute atomic E-state index is 0.273. The van der Waals surface area contributed by atoms with E-state index in [1.807, 2.05) is 0 Å². The summed E-state index contributed by atoms with van der Waals surface area (Å²) in [6.07, 6.45) is 8.29. The second-order valence-corrected chi connectivity index (χ2v) is 5.65. The van der Waals surface area contributed by atoms with Crippen molar-refractivity contribution < 1.29 is 23.9 Å². The van der Waals surface area contributed by atoms with Gasteiger partial charge in [-0.15, -0.1) is 0 Å². The molecule has 2 unspecified atom stereocenters. The molecular weight excluding hydrogens is 272 g/mol. The number of hydrogen-bond acceptors (Lipinski definition) is 5. The fourth-order valence-electron chi connectivity index (χ4n) is 2.40. The fraction of sp³-hybridized carbons (Fsp3) is 0.812. The number of hydrogen-bond donors (Lipinski definition) is 0. The molecule has 0 amide bonds. The van der Waals surface area contributed by atoms with Crippen LogP contribution in [0.25, 0.3) is 0 Å². The Morgan fingerprint density at radius 3 is 2.19 bits per heavy atom. The third-order valence-corrected chi connectivity index (χ3v) is 3.77. The highest BCUT2D eigenvalue weighted by atomic mass is 16.6. The lowest BCUT2D eigenvalue weighted by molar-refractivity contribution is -0.152. The first-order valence-electron chi connectivity index (χ1n) is 7.79. The van der Waals surface area contributed by atoms with E-state index in [2.05, 4.69) is 4.74 Å². The number of carbonyl (C=O) groups excluding carboxylic acids is 3. The molecule has 120 valence electrons. The van der Waals surface area contributed by atoms with Gasteiger partial charge in [0.1, 0.15) is 0 Å². The van der Waals surface area contributed by atoms with Crippen LogP contribution in [0.2, 0.25) is 0 Å². The van der Waals surface area contributed by atoms with Crippen molar-refractivity contribution in [3.05, 3.63) is 0 Å². The number of ether oxygens (including phenoxy) is 2. The van der Waals surface area contributed by atoms with Gasteiger partial charge in [-0.1, -0.05) is 32.1 Å². The van der Waals surface area contributed by atoms with Crippen LogP contribution in [0.3, 0.4) is 0 Å². The molecule has 1 rings (SSSR count). The summed E-state index contributed by atoms with van der Waals surface area (Å²) < 4.78 is 9.65. The molecule has 5 nitrogen and oxygen atoms in total. The average Bonchev–Trinajstić information content (AvgIpc) is 3.25. The van der Waals surface area contributed by atoms with E-state index in [4.69, 9.17) is 4.74 Å². The van der Waals surface area contributed by atoms with E-state index in [1.54, 1.807) is 0 Å². The van der Waals surface area contributed by atoms with Gasteiger partial charge >= 0.3 is 5.97 Å². The Hall–Kier alpha value is -1.23. The summed E-state index contributed by atoms with van der Waals surface area (Å²) in [4.78, 5) is 34.6. The van der Waals surface area contributed by atoms with Gasteiger partial charge in [0.25, 0.3) is 0 Å². The summed E-state index contributed by atoms with van der Waals surface area (Å²) in [5.41, 5.74) is 0. The van der Waals surface area contributed by atoms with Gasteiger partial charge < -0.3 is 9.47 Å². The zero-order valence-corrected chi connectivity index (χ0v) is 13.1. The van der Waals surface area contributed by atoms with Gasteiger partial charge in [0.05, 0.1) is 19.8 Å². The van der Waals surface area contributed by atoms with Gasteiger partial charge in [-0.05, 0) is 19.8 Å². The minimum atomic E-state index is -1.23. The molecule has 0 aromatic rings. The largest absolute Gasteiger partial charge is 0.468 e. The topological polar surface area (TPSA) is 73.0 Å². The summed E-state index contributed by atoms with van der Waals surface area (Å²) in [6, 6.07) is 0. The molecule has 1 aliphatic rings. The summed E-state index contributed by atoms with van der Waals surface area (Å²) in [6.45, 7) is 2.18. The molecule has 0 radical (unpaired) electrons. The highest BCUT2D eigenvalue weighted by molar-refractivity contribution is 6.16. The van der Waals surface area contributed by atoms with Crippen molar-refractivity contribution in [2.24, 2.45) is 5.92 Å². The molecule has 0 aromatic carbocycles. The van der Waals surface area contributed by atoms with E-state index >= 15 is 0 Å². The van der Waals surface area contributed by atoms with Crippen LogP contribution in [-0.2, 0) is 23.9 Å². The normalized spacial score (nSPS) is 18.1. The number of Topliss-reactive ketones (excluding diaryl/α,β-unsaturated/α-hetero) is 2. The van der Waals surface area contributed by atoms with Crippen LogP contribution in [0.1, 0.15) is 58.3 Å². The summed E-state index contributed by atoms with van der Waals surface area (Å²) in [7, 11) is 1.19. The SMILES string of the molecule is COC(=O)C(C(C)=O)C(=O)CCCCCCCCC1CO1. The maximum Gasteiger partial charge on any atom is 0.323 e. The predicted molar refractivity (Wildman–Crippen MR) is 77.9 cm³/mol. The fourth-order valence-corrected chi connectivity index (χ4v) is 2.40. The van der Waals surface area contributed by atoms with Crippen LogP contribution in [0.5, 0.6) is 0 Å². The average molecular weight is 298 g/mol. The molecule has 5 heteroatoms. The second-order valence-electron chi connectivity index (χ2n) is 5.65. The molecule has 0 aromatic heterocycles. The number of epoxide rings is 1. The lowest BCUT2D eigenvalue weighted by Crippen LogP contribution is -2.31. The van der Waals surface area contributed by atoms with Gasteiger partial charge in [0.2, 0.25) is 0 Å². The standard InChI is InChI=1S/C16H26O5/c1-12(17)15(16(19)20-2)14(18)10-8-6-4-3-5-7-9-13-11-21-13/h13,15H,3-11H2,1-2H3. The zero-order chi connectivity index (χ0) is 15.7. The first-order chi connectivity index (χ1) is 10.1. The van der Waals surface area contributed by atoms with Crippen LogP contribution in [-0.4, -0.2) is 37.4 Å². The van der Waals surface area contributed by atoms with Crippen molar-refractivity contribution in [2.75, 3.05) is 13.7 Å². The maximum absolute atomic E-state index is 11.9. The van der Waals surface area contributed by atoms with E-state index < -0.39 is 17.7 Å². The van der Waals surface area contributed by atoms with Crippen LogP contribution >= 0.6 is 0 Å². The molecule has 0 bridgehead atoms. The minimum Gasteiger partial charge on any atom is -0.468 e. The highest BCUT2D eigenvalue weighted by Crippen LogP contribution is 2.18. The molecule has 0 N–H and O–H groups in total. The van der Waals surface area contributed by atoms with Gasteiger partial charge in [-0.2, -0.15) is 0 Å². The maximum atomic E-state index is 11.9. The molecule has 2 atom stereocenters. The molecule has 21 heavy (non-hydrogen) atoms. The van der Waals surface area contributed by atoms with E-state index in [-0.39, 0.29) is 12.2 Å². The van der Waals surface area contributed by atoms with Gasteiger partial charge in [-0.25, -0.2) is 0 Å². The van der Waals surface area contributed by atoms with Crippen molar-refractivity contribution in [1.29, 1.82) is 0 Å². The Labute approximate surface area is 126 Å². The van der Waals surface area contributed by atoms with Crippen LogP contribution in [0.4, 0.5) is 0 Å².